The molecule has 4 heteroatoms. The average molecular weight is 256 g/mol. The van der Waals surface area contributed by atoms with Crippen molar-refractivity contribution >= 4 is 11.8 Å². The largest absolute Gasteiger partial charge is 0.462 e. The minimum Gasteiger partial charge on any atom is -0.462 e. The Bertz CT molecular complexity index is 595. The van der Waals surface area contributed by atoms with Gasteiger partial charge in [0.15, 0.2) is 0 Å². The molecule has 0 spiro atoms. The number of ether oxygens (including phenoxy) is 1. The molecule has 0 aliphatic carbocycles. The van der Waals surface area contributed by atoms with Gasteiger partial charge in [0, 0.05) is 11.8 Å². The number of carbonyl (C=O) groups is 1. The van der Waals surface area contributed by atoms with Crippen LogP contribution in [0.4, 0.5) is 5.82 Å². The Morgan fingerprint density at radius 2 is 2.00 bits per heavy atom. The molecule has 19 heavy (non-hydrogen) atoms. The first-order valence-electron chi connectivity index (χ1n) is 6.12. The lowest BCUT2D eigenvalue weighted by atomic mass is 9.97. The number of aromatic nitrogens is 1. The van der Waals surface area contributed by atoms with Crippen LogP contribution < -0.4 is 5.73 Å². The summed E-state index contributed by atoms with van der Waals surface area (Å²) in [6.07, 6.45) is 1.47. The van der Waals surface area contributed by atoms with Gasteiger partial charge >= 0.3 is 5.97 Å². The van der Waals surface area contributed by atoms with Crippen molar-refractivity contribution in [2.45, 2.75) is 13.8 Å². The number of esters is 1. The number of nitrogen functional groups attached to an aromatic ring is 1. The second-order valence-corrected chi connectivity index (χ2v) is 4.14. The Hall–Kier alpha value is -2.36. The van der Waals surface area contributed by atoms with Gasteiger partial charge in [0.1, 0.15) is 5.82 Å². The quantitative estimate of drug-likeness (QED) is 0.857. The maximum Gasteiger partial charge on any atom is 0.340 e. The van der Waals surface area contributed by atoms with E-state index in [2.05, 4.69) is 4.98 Å². The van der Waals surface area contributed by atoms with Crippen molar-refractivity contribution in [1.29, 1.82) is 0 Å². The summed E-state index contributed by atoms with van der Waals surface area (Å²) in [5.74, 6) is 0.0452. The summed E-state index contributed by atoms with van der Waals surface area (Å²) in [6, 6.07) is 9.63. The van der Waals surface area contributed by atoms with Crippen molar-refractivity contribution < 1.29 is 9.53 Å². The van der Waals surface area contributed by atoms with E-state index in [1.165, 1.54) is 6.20 Å². The van der Waals surface area contributed by atoms with Gasteiger partial charge in [0.25, 0.3) is 0 Å². The van der Waals surface area contributed by atoms with E-state index in [9.17, 15) is 4.79 Å². The van der Waals surface area contributed by atoms with Crippen LogP contribution in [0.2, 0.25) is 0 Å². The highest BCUT2D eigenvalue weighted by Crippen LogP contribution is 2.30. The van der Waals surface area contributed by atoms with Gasteiger partial charge in [-0.2, -0.15) is 0 Å². The van der Waals surface area contributed by atoms with Crippen molar-refractivity contribution in [1.82, 2.24) is 4.98 Å². The van der Waals surface area contributed by atoms with Crippen LogP contribution in [0.1, 0.15) is 22.8 Å². The van der Waals surface area contributed by atoms with Crippen molar-refractivity contribution in [3.8, 4) is 11.1 Å². The van der Waals surface area contributed by atoms with E-state index < -0.39 is 0 Å². The Morgan fingerprint density at radius 1 is 1.32 bits per heavy atom. The number of carbonyl (C=O) groups excluding carboxylic acids is 1. The van der Waals surface area contributed by atoms with Gasteiger partial charge in [0.05, 0.1) is 12.2 Å². The molecule has 4 nitrogen and oxygen atoms in total. The third-order valence-electron chi connectivity index (χ3n) is 2.92. The number of rotatable bonds is 3. The summed E-state index contributed by atoms with van der Waals surface area (Å²) < 4.78 is 5.07. The monoisotopic (exact) mass is 256 g/mol. The van der Waals surface area contributed by atoms with Gasteiger partial charge in [-0.1, -0.05) is 30.3 Å². The van der Waals surface area contributed by atoms with E-state index in [4.69, 9.17) is 10.5 Å². The molecule has 2 N–H and O–H groups in total. The fourth-order valence-corrected chi connectivity index (χ4v) is 1.97. The molecule has 0 unspecified atom stereocenters. The number of pyridine rings is 1. The van der Waals surface area contributed by atoms with Gasteiger partial charge in [-0.15, -0.1) is 0 Å². The zero-order valence-electron chi connectivity index (χ0n) is 11.0. The van der Waals surface area contributed by atoms with E-state index >= 15 is 0 Å². The topological polar surface area (TPSA) is 65.2 Å². The second-order valence-electron chi connectivity index (χ2n) is 4.14. The molecule has 1 aromatic carbocycles. The van der Waals surface area contributed by atoms with Gasteiger partial charge in [-0.25, -0.2) is 9.78 Å². The molecule has 0 fully saturated rings. The maximum atomic E-state index is 12.0. The van der Waals surface area contributed by atoms with Crippen LogP contribution in [-0.4, -0.2) is 17.6 Å². The molecule has 0 saturated carbocycles. The number of anilines is 1. The predicted octanol–water partition coefficient (Wildman–Crippen LogP) is 2.82. The highest BCUT2D eigenvalue weighted by Gasteiger charge is 2.18. The SMILES string of the molecule is CCOC(=O)c1cnc(N)c(C)c1-c1ccccc1. The molecule has 2 rings (SSSR count). The van der Waals surface area contributed by atoms with Gasteiger partial charge in [-0.05, 0) is 25.0 Å². The molecular weight excluding hydrogens is 240 g/mol. The Balaban J connectivity index is 2.63. The second kappa shape index (κ2) is 5.52. The number of hydrogen-bond donors (Lipinski definition) is 1. The fourth-order valence-electron chi connectivity index (χ4n) is 1.97. The number of hydrogen-bond acceptors (Lipinski definition) is 4. The fraction of sp³-hybridized carbons (Fsp3) is 0.200. The third-order valence-corrected chi connectivity index (χ3v) is 2.92. The predicted molar refractivity (Wildman–Crippen MR) is 74.8 cm³/mol. The molecule has 0 radical (unpaired) electrons. The summed E-state index contributed by atoms with van der Waals surface area (Å²) in [7, 11) is 0. The zero-order chi connectivity index (χ0) is 13.8. The average Bonchev–Trinajstić information content (AvgIpc) is 2.43. The van der Waals surface area contributed by atoms with Crippen molar-refractivity contribution in [2.24, 2.45) is 0 Å². The van der Waals surface area contributed by atoms with Gasteiger partial charge in [-0.3, -0.25) is 0 Å². The molecule has 0 bridgehead atoms. The Kier molecular flexibility index (Phi) is 3.80. The molecule has 2 aromatic rings. The van der Waals surface area contributed by atoms with E-state index in [0.29, 0.717) is 18.0 Å². The standard InChI is InChI=1S/C15H16N2O2/c1-3-19-15(18)12-9-17-14(16)10(2)13(12)11-7-5-4-6-8-11/h4-9H,3H2,1-2H3,(H2,16,17). The highest BCUT2D eigenvalue weighted by molar-refractivity contribution is 5.98. The molecule has 0 atom stereocenters. The van der Waals surface area contributed by atoms with Crippen LogP contribution >= 0.6 is 0 Å². The van der Waals surface area contributed by atoms with Gasteiger partial charge in [0.2, 0.25) is 0 Å². The third kappa shape index (κ3) is 2.57. The normalized spacial score (nSPS) is 10.2. The summed E-state index contributed by atoms with van der Waals surface area (Å²) in [5, 5.41) is 0. The number of nitrogens with zero attached hydrogens (tertiary/aromatic N) is 1. The molecule has 0 amide bonds. The summed E-state index contributed by atoms with van der Waals surface area (Å²) >= 11 is 0. The van der Waals surface area contributed by atoms with Crippen LogP contribution in [0.15, 0.2) is 36.5 Å². The smallest absolute Gasteiger partial charge is 0.340 e. The van der Waals surface area contributed by atoms with Crippen LogP contribution in [-0.2, 0) is 4.74 Å². The van der Waals surface area contributed by atoms with Crippen LogP contribution in [0.3, 0.4) is 0 Å². The maximum absolute atomic E-state index is 12.0. The Labute approximate surface area is 112 Å². The number of benzene rings is 1. The van der Waals surface area contributed by atoms with Crippen molar-refractivity contribution in [3.63, 3.8) is 0 Å². The molecule has 0 aliphatic rings. The zero-order valence-corrected chi connectivity index (χ0v) is 11.0. The van der Waals surface area contributed by atoms with E-state index in [1.807, 2.05) is 37.3 Å². The highest BCUT2D eigenvalue weighted by atomic mass is 16.5. The lowest BCUT2D eigenvalue weighted by Gasteiger charge is -2.13. The first-order valence-corrected chi connectivity index (χ1v) is 6.12. The molecule has 0 saturated heterocycles. The minimum absolute atomic E-state index is 0.330. The van der Waals surface area contributed by atoms with Crippen LogP contribution in [0.25, 0.3) is 11.1 Å². The first-order chi connectivity index (χ1) is 9.15. The van der Waals surface area contributed by atoms with Crippen LogP contribution in [0.5, 0.6) is 0 Å². The molecular formula is C15H16N2O2. The summed E-state index contributed by atoms with van der Waals surface area (Å²) in [5.41, 5.74) is 8.78. The van der Waals surface area contributed by atoms with E-state index in [-0.39, 0.29) is 5.97 Å². The van der Waals surface area contributed by atoms with Crippen molar-refractivity contribution in [2.75, 3.05) is 12.3 Å². The van der Waals surface area contributed by atoms with Crippen molar-refractivity contribution in [3.05, 3.63) is 47.7 Å². The molecule has 98 valence electrons. The summed E-state index contributed by atoms with van der Waals surface area (Å²) in [6.45, 7) is 3.96. The Morgan fingerprint density at radius 3 is 2.63 bits per heavy atom. The lowest BCUT2D eigenvalue weighted by Crippen LogP contribution is -2.10. The van der Waals surface area contributed by atoms with Gasteiger partial charge < -0.3 is 10.5 Å². The van der Waals surface area contributed by atoms with E-state index in [1.54, 1.807) is 6.92 Å². The lowest BCUT2D eigenvalue weighted by molar-refractivity contribution is 0.0527. The van der Waals surface area contributed by atoms with E-state index in [0.717, 1.165) is 16.7 Å². The minimum atomic E-state index is -0.378. The first kappa shape index (κ1) is 13.1. The van der Waals surface area contributed by atoms with Crippen LogP contribution in [0, 0.1) is 6.92 Å². The molecule has 0 aliphatic heterocycles. The number of nitrogens with two attached hydrogens (primary N) is 1. The molecule has 1 heterocycles. The summed E-state index contributed by atoms with van der Waals surface area (Å²) in [4.78, 5) is 16.0. The molecule has 1 aromatic heterocycles.